The van der Waals surface area contributed by atoms with Crippen molar-refractivity contribution < 1.29 is 5.11 Å². The summed E-state index contributed by atoms with van der Waals surface area (Å²) >= 11 is 0. The largest absolute Gasteiger partial charge is 0.389 e. The Bertz CT molecular complexity index is 229. The molecule has 2 saturated carbocycles. The molecule has 0 aliphatic heterocycles. The van der Waals surface area contributed by atoms with Crippen LogP contribution in [-0.4, -0.2) is 10.7 Å². The van der Waals surface area contributed by atoms with Gasteiger partial charge in [0.2, 0.25) is 0 Å². The molecule has 0 saturated heterocycles. The number of rotatable bonds is 0. The predicted octanol–water partition coefficient (Wildman–Crippen LogP) is 3.51. The van der Waals surface area contributed by atoms with E-state index in [1.165, 1.54) is 32.1 Å². The number of hydrogen-bond donors (Lipinski definition) is 1. The highest BCUT2D eigenvalue weighted by molar-refractivity contribution is 5.08. The first-order valence-corrected chi connectivity index (χ1v) is 6.14. The van der Waals surface area contributed by atoms with E-state index in [1.807, 2.05) is 0 Å². The fourth-order valence-electron chi connectivity index (χ4n) is 3.87. The molecule has 2 rings (SSSR count). The molecule has 2 atom stereocenters. The Morgan fingerprint density at radius 1 is 0.786 bits per heavy atom. The summed E-state index contributed by atoms with van der Waals surface area (Å²) in [5.41, 5.74) is 0.129. The predicted molar refractivity (Wildman–Crippen MR) is 59.2 cm³/mol. The van der Waals surface area contributed by atoms with Gasteiger partial charge in [0.15, 0.2) is 0 Å². The highest BCUT2D eigenvalue weighted by Crippen LogP contribution is 2.61. The average Bonchev–Trinajstić information content (AvgIpc) is 2.08. The zero-order valence-corrected chi connectivity index (χ0v) is 9.90. The van der Waals surface area contributed by atoms with Crippen LogP contribution in [0, 0.1) is 10.8 Å². The molecule has 0 aromatic carbocycles. The first kappa shape index (κ1) is 10.5. The Morgan fingerprint density at radius 2 is 1.36 bits per heavy atom. The van der Waals surface area contributed by atoms with Crippen LogP contribution in [0.3, 0.4) is 0 Å². The first-order chi connectivity index (χ1) is 6.41. The standard InChI is InChI=1S/C13H24O/c1-11(2)7-6-10-13(14)9-5-4-8-12(11,13)3/h14H,4-10H2,1-3H3/t12-,13-/m0/s1. The van der Waals surface area contributed by atoms with E-state index < -0.39 is 0 Å². The van der Waals surface area contributed by atoms with Crippen molar-refractivity contribution in [2.45, 2.75) is 71.3 Å². The molecule has 82 valence electrons. The fraction of sp³-hybridized carbons (Fsp3) is 1.00. The van der Waals surface area contributed by atoms with Crippen molar-refractivity contribution in [2.75, 3.05) is 0 Å². The van der Waals surface area contributed by atoms with Gasteiger partial charge >= 0.3 is 0 Å². The van der Waals surface area contributed by atoms with Crippen LogP contribution < -0.4 is 0 Å². The molecule has 0 heterocycles. The molecule has 0 unspecified atom stereocenters. The first-order valence-electron chi connectivity index (χ1n) is 6.14. The maximum atomic E-state index is 10.8. The van der Waals surface area contributed by atoms with Crippen molar-refractivity contribution in [1.29, 1.82) is 0 Å². The van der Waals surface area contributed by atoms with Gasteiger partial charge in [-0.05, 0) is 31.1 Å². The summed E-state index contributed by atoms with van der Waals surface area (Å²) in [6, 6.07) is 0. The molecular weight excluding hydrogens is 172 g/mol. The molecule has 0 bridgehead atoms. The number of fused-ring (bicyclic) bond motifs is 1. The van der Waals surface area contributed by atoms with Crippen molar-refractivity contribution in [3.8, 4) is 0 Å². The molecule has 0 aromatic heterocycles. The van der Waals surface area contributed by atoms with Crippen molar-refractivity contribution >= 4 is 0 Å². The Morgan fingerprint density at radius 3 is 2.00 bits per heavy atom. The second-order valence-electron chi connectivity index (χ2n) is 6.31. The third-order valence-corrected chi connectivity index (χ3v) is 5.43. The Kier molecular flexibility index (Phi) is 2.23. The van der Waals surface area contributed by atoms with E-state index in [1.54, 1.807) is 0 Å². The Labute approximate surface area is 87.9 Å². The van der Waals surface area contributed by atoms with Gasteiger partial charge in [-0.1, -0.05) is 40.0 Å². The highest BCUT2D eigenvalue weighted by atomic mass is 16.3. The molecule has 14 heavy (non-hydrogen) atoms. The summed E-state index contributed by atoms with van der Waals surface area (Å²) in [4.78, 5) is 0. The molecule has 1 heteroatoms. The maximum Gasteiger partial charge on any atom is 0.0706 e. The zero-order chi connectivity index (χ0) is 10.4. The second-order valence-corrected chi connectivity index (χ2v) is 6.31. The summed E-state index contributed by atoms with van der Waals surface area (Å²) in [6.45, 7) is 7.02. The van der Waals surface area contributed by atoms with E-state index in [9.17, 15) is 5.11 Å². The van der Waals surface area contributed by atoms with Crippen molar-refractivity contribution in [3.63, 3.8) is 0 Å². The van der Waals surface area contributed by atoms with Gasteiger partial charge in [-0.3, -0.25) is 0 Å². The van der Waals surface area contributed by atoms with E-state index in [0.29, 0.717) is 5.41 Å². The van der Waals surface area contributed by atoms with Gasteiger partial charge in [-0.2, -0.15) is 0 Å². The van der Waals surface area contributed by atoms with Gasteiger partial charge in [-0.25, -0.2) is 0 Å². The molecule has 1 N–H and O–H groups in total. The van der Waals surface area contributed by atoms with E-state index in [0.717, 1.165) is 12.8 Å². The van der Waals surface area contributed by atoms with E-state index in [2.05, 4.69) is 20.8 Å². The number of aliphatic hydroxyl groups is 1. The van der Waals surface area contributed by atoms with Gasteiger partial charge in [0.1, 0.15) is 0 Å². The molecule has 0 aromatic rings. The van der Waals surface area contributed by atoms with Crippen LogP contribution in [0.4, 0.5) is 0 Å². The number of hydrogen-bond acceptors (Lipinski definition) is 1. The van der Waals surface area contributed by atoms with Gasteiger partial charge < -0.3 is 5.11 Å². The summed E-state index contributed by atoms with van der Waals surface area (Å²) in [5, 5.41) is 10.8. The normalized spacial score (nSPS) is 47.1. The minimum Gasteiger partial charge on any atom is -0.389 e. The van der Waals surface area contributed by atoms with Gasteiger partial charge in [0.25, 0.3) is 0 Å². The van der Waals surface area contributed by atoms with Gasteiger partial charge in [0, 0.05) is 5.41 Å². The van der Waals surface area contributed by atoms with E-state index in [-0.39, 0.29) is 11.0 Å². The molecule has 0 radical (unpaired) electrons. The van der Waals surface area contributed by atoms with E-state index >= 15 is 0 Å². The van der Waals surface area contributed by atoms with Crippen LogP contribution in [0.15, 0.2) is 0 Å². The van der Waals surface area contributed by atoms with Crippen molar-refractivity contribution in [1.82, 2.24) is 0 Å². The Hall–Kier alpha value is -0.0400. The van der Waals surface area contributed by atoms with Crippen LogP contribution in [0.2, 0.25) is 0 Å². The van der Waals surface area contributed by atoms with Crippen molar-refractivity contribution in [2.24, 2.45) is 10.8 Å². The monoisotopic (exact) mass is 196 g/mol. The highest BCUT2D eigenvalue weighted by Gasteiger charge is 2.57. The topological polar surface area (TPSA) is 20.2 Å². The summed E-state index contributed by atoms with van der Waals surface area (Å²) in [7, 11) is 0. The van der Waals surface area contributed by atoms with Crippen LogP contribution in [0.1, 0.15) is 65.7 Å². The van der Waals surface area contributed by atoms with Crippen LogP contribution >= 0.6 is 0 Å². The molecule has 2 fully saturated rings. The smallest absolute Gasteiger partial charge is 0.0706 e. The third-order valence-electron chi connectivity index (χ3n) is 5.43. The lowest BCUT2D eigenvalue weighted by atomic mass is 9.47. The van der Waals surface area contributed by atoms with Gasteiger partial charge in [-0.15, -0.1) is 0 Å². The van der Waals surface area contributed by atoms with Crippen LogP contribution in [0.5, 0.6) is 0 Å². The summed E-state index contributed by atoms with van der Waals surface area (Å²) in [5.74, 6) is 0. The molecule has 0 spiro atoms. The molecule has 2 aliphatic rings. The zero-order valence-electron chi connectivity index (χ0n) is 9.90. The second kappa shape index (κ2) is 2.98. The van der Waals surface area contributed by atoms with E-state index in [4.69, 9.17) is 0 Å². The molecular formula is C13H24O. The fourth-order valence-corrected chi connectivity index (χ4v) is 3.87. The minimum atomic E-state index is -0.354. The lowest BCUT2D eigenvalue weighted by Crippen LogP contribution is -2.58. The molecule has 2 aliphatic carbocycles. The van der Waals surface area contributed by atoms with Gasteiger partial charge in [0.05, 0.1) is 5.60 Å². The lowest BCUT2D eigenvalue weighted by Gasteiger charge is -2.60. The molecule has 1 nitrogen and oxygen atoms in total. The average molecular weight is 196 g/mol. The quantitative estimate of drug-likeness (QED) is 0.628. The summed E-state index contributed by atoms with van der Waals surface area (Å²) < 4.78 is 0. The van der Waals surface area contributed by atoms with Crippen LogP contribution in [0.25, 0.3) is 0 Å². The summed E-state index contributed by atoms with van der Waals surface area (Å²) in [6.07, 6.45) is 8.31. The SMILES string of the molecule is CC1(C)CCC[C@@]2(O)CCCC[C@@]12C. The third kappa shape index (κ3) is 1.18. The maximum absolute atomic E-state index is 10.8. The van der Waals surface area contributed by atoms with Crippen molar-refractivity contribution in [3.05, 3.63) is 0 Å². The minimum absolute atomic E-state index is 0.163. The molecule has 0 amide bonds. The lowest BCUT2D eigenvalue weighted by molar-refractivity contribution is -0.189. The Balaban J connectivity index is 2.36. The van der Waals surface area contributed by atoms with Crippen LogP contribution in [-0.2, 0) is 0 Å².